The molecule has 1 amide bonds. The Bertz CT molecular complexity index is 864. The van der Waals surface area contributed by atoms with Crippen molar-refractivity contribution in [3.63, 3.8) is 0 Å². The second-order valence-electron chi connectivity index (χ2n) is 6.32. The average Bonchev–Trinajstić information content (AvgIpc) is 2.64. The number of rotatable bonds is 9. The Labute approximate surface area is 161 Å². The van der Waals surface area contributed by atoms with Crippen molar-refractivity contribution in [3.05, 3.63) is 54.1 Å². The molecule has 0 aliphatic rings. The number of sulfonamides is 1. The van der Waals surface area contributed by atoms with Gasteiger partial charge in [0.1, 0.15) is 12.3 Å². The summed E-state index contributed by atoms with van der Waals surface area (Å²) in [7, 11) is -2.13. The molecule has 0 unspecified atom stereocenters. The molecule has 2 aromatic rings. The highest BCUT2D eigenvalue weighted by Crippen LogP contribution is 2.23. The van der Waals surface area contributed by atoms with Crippen molar-refractivity contribution in [2.24, 2.45) is 0 Å². The third-order valence-electron chi connectivity index (χ3n) is 4.09. The number of carbonyl (C=O) groups is 1. The molecule has 0 saturated heterocycles. The van der Waals surface area contributed by atoms with Crippen molar-refractivity contribution in [1.29, 1.82) is 0 Å². The fraction of sp³-hybridized carbons (Fsp3) is 0.350. The lowest BCUT2D eigenvalue weighted by atomic mass is 10.1. The lowest BCUT2D eigenvalue weighted by Gasteiger charge is -2.22. The van der Waals surface area contributed by atoms with Gasteiger partial charge in [0.25, 0.3) is 0 Å². The van der Waals surface area contributed by atoms with E-state index in [1.54, 1.807) is 24.3 Å². The summed E-state index contributed by atoms with van der Waals surface area (Å²) in [6.45, 7) is 1.83. The Balaban J connectivity index is 2.10. The molecule has 2 aromatic carbocycles. The zero-order chi connectivity index (χ0) is 19.9. The number of hydrogen-bond acceptors (Lipinski definition) is 4. The molecule has 7 heteroatoms. The summed E-state index contributed by atoms with van der Waals surface area (Å²) in [4.78, 5) is 12.4. The maximum absolute atomic E-state index is 12.4. The van der Waals surface area contributed by atoms with Gasteiger partial charge in [0.05, 0.1) is 19.1 Å². The van der Waals surface area contributed by atoms with Crippen LogP contribution < -0.4 is 14.4 Å². The summed E-state index contributed by atoms with van der Waals surface area (Å²) in [6.07, 6.45) is 4.32. The second-order valence-corrected chi connectivity index (χ2v) is 8.23. The highest BCUT2D eigenvalue weighted by molar-refractivity contribution is 7.92. The average molecular weight is 391 g/mol. The van der Waals surface area contributed by atoms with Gasteiger partial charge in [0, 0.05) is 11.8 Å². The number of aryl methyl sites for hydroxylation is 1. The van der Waals surface area contributed by atoms with E-state index in [4.69, 9.17) is 4.74 Å². The van der Waals surface area contributed by atoms with E-state index in [2.05, 4.69) is 12.2 Å². The zero-order valence-electron chi connectivity index (χ0n) is 15.9. The predicted octanol–water partition coefficient (Wildman–Crippen LogP) is 3.44. The third-order valence-corrected chi connectivity index (χ3v) is 5.23. The van der Waals surface area contributed by atoms with Crippen LogP contribution in [0, 0.1) is 0 Å². The maximum atomic E-state index is 12.4. The molecule has 0 heterocycles. The summed E-state index contributed by atoms with van der Waals surface area (Å²) < 4.78 is 30.5. The first kappa shape index (κ1) is 20.8. The molecule has 146 valence electrons. The molecule has 0 radical (unpaired) electrons. The van der Waals surface area contributed by atoms with Crippen LogP contribution in [0.15, 0.2) is 48.5 Å². The Morgan fingerprint density at radius 3 is 2.44 bits per heavy atom. The van der Waals surface area contributed by atoms with Gasteiger partial charge in [-0.2, -0.15) is 0 Å². The number of anilines is 2. The van der Waals surface area contributed by atoms with E-state index in [1.165, 1.54) is 12.7 Å². The Morgan fingerprint density at radius 2 is 1.85 bits per heavy atom. The van der Waals surface area contributed by atoms with Gasteiger partial charge >= 0.3 is 0 Å². The van der Waals surface area contributed by atoms with Crippen molar-refractivity contribution in [2.75, 3.05) is 29.5 Å². The molecule has 2 rings (SSSR count). The van der Waals surface area contributed by atoms with Gasteiger partial charge in [-0.3, -0.25) is 9.10 Å². The molecular weight excluding hydrogens is 364 g/mol. The van der Waals surface area contributed by atoms with Gasteiger partial charge in [-0.05, 0) is 42.7 Å². The molecular formula is C20H26N2O4S. The van der Waals surface area contributed by atoms with Crippen LogP contribution in [0.4, 0.5) is 11.4 Å². The number of carbonyl (C=O) groups excluding carboxylic acids is 1. The lowest BCUT2D eigenvalue weighted by Crippen LogP contribution is -2.37. The van der Waals surface area contributed by atoms with Crippen LogP contribution in [0.25, 0.3) is 0 Å². The molecule has 27 heavy (non-hydrogen) atoms. The topological polar surface area (TPSA) is 75.7 Å². The molecule has 0 fully saturated rings. The highest BCUT2D eigenvalue weighted by Gasteiger charge is 2.21. The van der Waals surface area contributed by atoms with Gasteiger partial charge in [-0.15, -0.1) is 0 Å². The number of nitrogens with one attached hydrogen (secondary N) is 1. The molecule has 0 aromatic heterocycles. The quantitative estimate of drug-likeness (QED) is 0.712. The number of amides is 1. The Kier molecular flexibility index (Phi) is 7.24. The number of nitrogens with zero attached hydrogens (tertiary/aromatic N) is 1. The van der Waals surface area contributed by atoms with Crippen LogP contribution in [0.5, 0.6) is 5.75 Å². The SMILES string of the molecule is CCCCc1ccc(NC(=O)CN(c2cccc(OC)c2)S(C)(=O)=O)cc1. The Morgan fingerprint density at radius 1 is 1.15 bits per heavy atom. The van der Waals surface area contributed by atoms with Crippen LogP contribution in [-0.4, -0.2) is 34.2 Å². The predicted molar refractivity (Wildman–Crippen MR) is 109 cm³/mol. The summed E-state index contributed by atoms with van der Waals surface area (Å²) in [5.74, 6) is 0.105. The molecule has 6 nitrogen and oxygen atoms in total. The monoisotopic (exact) mass is 390 g/mol. The van der Waals surface area contributed by atoms with Gasteiger partial charge in [0.15, 0.2) is 0 Å². The third kappa shape index (κ3) is 6.29. The zero-order valence-corrected chi connectivity index (χ0v) is 16.8. The van der Waals surface area contributed by atoms with Crippen LogP contribution in [0.1, 0.15) is 25.3 Å². The van der Waals surface area contributed by atoms with Crippen molar-refractivity contribution >= 4 is 27.3 Å². The van der Waals surface area contributed by atoms with Crippen molar-refractivity contribution in [1.82, 2.24) is 0 Å². The van der Waals surface area contributed by atoms with Crippen LogP contribution in [0.2, 0.25) is 0 Å². The van der Waals surface area contributed by atoms with Crippen molar-refractivity contribution in [3.8, 4) is 5.75 Å². The largest absolute Gasteiger partial charge is 0.497 e. The molecule has 0 saturated carbocycles. The first-order valence-corrected chi connectivity index (χ1v) is 10.7. The first-order chi connectivity index (χ1) is 12.8. The van der Waals surface area contributed by atoms with E-state index >= 15 is 0 Å². The van der Waals surface area contributed by atoms with Crippen LogP contribution >= 0.6 is 0 Å². The Hall–Kier alpha value is -2.54. The number of ether oxygens (including phenoxy) is 1. The molecule has 1 N–H and O–H groups in total. The van der Waals surface area contributed by atoms with Gasteiger partial charge in [-0.1, -0.05) is 31.5 Å². The lowest BCUT2D eigenvalue weighted by molar-refractivity contribution is -0.114. The normalized spacial score (nSPS) is 11.1. The number of hydrogen-bond donors (Lipinski definition) is 1. The fourth-order valence-electron chi connectivity index (χ4n) is 2.63. The number of methoxy groups -OCH3 is 1. The van der Waals surface area contributed by atoms with Gasteiger partial charge in [0.2, 0.25) is 15.9 Å². The molecule has 0 aliphatic heterocycles. The van der Waals surface area contributed by atoms with E-state index in [9.17, 15) is 13.2 Å². The van der Waals surface area contributed by atoms with Gasteiger partial charge in [-0.25, -0.2) is 8.42 Å². The highest BCUT2D eigenvalue weighted by atomic mass is 32.2. The fourth-order valence-corrected chi connectivity index (χ4v) is 3.48. The minimum Gasteiger partial charge on any atom is -0.497 e. The van der Waals surface area contributed by atoms with Crippen LogP contribution in [-0.2, 0) is 21.2 Å². The van der Waals surface area contributed by atoms with E-state index in [0.717, 1.165) is 29.8 Å². The van der Waals surface area contributed by atoms with Crippen molar-refractivity contribution < 1.29 is 17.9 Å². The minimum absolute atomic E-state index is 0.316. The summed E-state index contributed by atoms with van der Waals surface area (Å²) >= 11 is 0. The maximum Gasteiger partial charge on any atom is 0.245 e. The van der Waals surface area contributed by atoms with E-state index in [-0.39, 0.29) is 6.54 Å². The standard InChI is InChI=1S/C20H26N2O4S/c1-4-5-7-16-10-12-17(13-11-16)21-20(23)15-22(27(3,24)25)18-8-6-9-19(14-18)26-2/h6,8-14H,4-5,7,15H2,1-3H3,(H,21,23). The first-order valence-electron chi connectivity index (χ1n) is 8.84. The summed E-state index contributed by atoms with van der Waals surface area (Å²) in [6, 6.07) is 14.2. The minimum atomic E-state index is -3.63. The van der Waals surface area contributed by atoms with E-state index in [0.29, 0.717) is 17.1 Å². The number of benzene rings is 2. The molecule has 0 atom stereocenters. The van der Waals surface area contributed by atoms with Crippen molar-refractivity contribution in [2.45, 2.75) is 26.2 Å². The molecule has 0 spiro atoms. The van der Waals surface area contributed by atoms with E-state index < -0.39 is 15.9 Å². The smallest absolute Gasteiger partial charge is 0.245 e. The second kappa shape index (κ2) is 9.41. The molecule has 0 aliphatic carbocycles. The van der Waals surface area contributed by atoms with Gasteiger partial charge < -0.3 is 10.1 Å². The molecule has 0 bridgehead atoms. The van der Waals surface area contributed by atoms with E-state index in [1.807, 2.05) is 24.3 Å². The summed E-state index contributed by atoms with van der Waals surface area (Å²) in [5.41, 5.74) is 2.23. The van der Waals surface area contributed by atoms with Crippen LogP contribution in [0.3, 0.4) is 0 Å². The summed E-state index contributed by atoms with van der Waals surface area (Å²) in [5, 5.41) is 2.75. The number of unbranched alkanes of at least 4 members (excludes halogenated alkanes) is 1.